The normalized spacial score (nSPS) is 22.0. The number of H-pyrrole nitrogens is 1. The molecule has 2 atom stereocenters. The molecule has 1 aliphatic rings. The molecular formula is C15H18N4O3. The van der Waals surface area contributed by atoms with Gasteiger partial charge in [-0.1, -0.05) is 0 Å². The molecule has 3 heterocycles. The Morgan fingerprint density at radius 3 is 2.86 bits per heavy atom. The number of β-amino-alcohol motifs (C(OH)–C–C–N with tert-alkyl or cyclic N) is 1. The topological polar surface area (TPSA) is 102 Å². The van der Waals surface area contributed by atoms with E-state index in [1.54, 1.807) is 12.4 Å². The molecule has 0 aromatic carbocycles. The van der Waals surface area contributed by atoms with Gasteiger partial charge in [-0.25, -0.2) is 4.79 Å². The van der Waals surface area contributed by atoms with Gasteiger partial charge in [-0.15, -0.1) is 0 Å². The second kappa shape index (κ2) is 6.25. The number of hydrogen-bond donors (Lipinski definition) is 3. The number of aromatic nitrogens is 3. The molecule has 2 aromatic rings. The Morgan fingerprint density at radius 2 is 2.14 bits per heavy atom. The van der Waals surface area contributed by atoms with E-state index in [-0.39, 0.29) is 11.6 Å². The number of nitrogens with zero attached hydrogens (tertiary/aromatic N) is 3. The Morgan fingerprint density at radius 1 is 1.36 bits per heavy atom. The maximum atomic E-state index is 11.1. The smallest absolute Gasteiger partial charge is 0.354 e. The SMILES string of the molecule is O=C(O)c1[nH]ncc1CN1C[C@@H](Cc2ccncc2)[C@@H](O)C1. The molecule has 0 unspecified atom stereocenters. The highest BCUT2D eigenvalue weighted by Crippen LogP contribution is 2.23. The van der Waals surface area contributed by atoms with Crippen LogP contribution in [0.15, 0.2) is 30.7 Å². The monoisotopic (exact) mass is 302 g/mol. The third-order valence-corrected chi connectivity index (χ3v) is 4.06. The zero-order valence-corrected chi connectivity index (χ0v) is 12.0. The van der Waals surface area contributed by atoms with Gasteiger partial charge in [0.1, 0.15) is 5.69 Å². The quantitative estimate of drug-likeness (QED) is 0.745. The highest BCUT2D eigenvalue weighted by atomic mass is 16.4. The molecule has 3 rings (SSSR count). The number of carboxylic acids is 1. The summed E-state index contributed by atoms with van der Waals surface area (Å²) < 4.78 is 0. The number of aromatic carboxylic acids is 1. The Kier molecular flexibility index (Phi) is 4.17. The summed E-state index contributed by atoms with van der Waals surface area (Å²) in [5.74, 6) is -0.872. The second-order valence-corrected chi connectivity index (χ2v) is 5.66. The lowest BCUT2D eigenvalue weighted by Crippen LogP contribution is -2.22. The first-order valence-corrected chi connectivity index (χ1v) is 7.18. The van der Waals surface area contributed by atoms with Crippen molar-refractivity contribution in [1.29, 1.82) is 0 Å². The zero-order chi connectivity index (χ0) is 15.5. The van der Waals surface area contributed by atoms with E-state index in [9.17, 15) is 9.90 Å². The van der Waals surface area contributed by atoms with Crippen molar-refractivity contribution in [2.45, 2.75) is 19.1 Å². The van der Waals surface area contributed by atoms with Gasteiger partial charge in [0, 0.05) is 43.5 Å². The summed E-state index contributed by atoms with van der Waals surface area (Å²) >= 11 is 0. The maximum absolute atomic E-state index is 11.1. The minimum atomic E-state index is -1.01. The number of hydrogen-bond acceptors (Lipinski definition) is 5. The van der Waals surface area contributed by atoms with Crippen LogP contribution in [-0.2, 0) is 13.0 Å². The number of pyridine rings is 1. The molecule has 7 nitrogen and oxygen atoms in total. The standard InChI is InChI=1S/C15H18N4O3/c20-13-9-19(8-12-6-17-18-14(12)15(21)22)7-11(13)5-10-1-3-16-4-2-10/h1-4,6,11,13,20H,5,7-9H2,(H,17,18)(H,21,22)/t11-,13+/m1/s1. The third-order valence-electron chi connectivity index (χ3n) is 4.06. The number of carboxylic acid groups (broad SMARTS) is 1. The largest absolute Gasteiger partial charge is 0.477 e. The first-order chi connectivity index (χ1) is 10.6. The Hall–Kier alpha value is -2.25. The predicted octanol–water partition coefficient (Wildman–Crippen LogP) is 0.538. The summed E-state index contributed by atoms with van der Waals surface area (Å²) in [6.45, 7) is 1.75. The van der Waals surface area contributed by atoms with Crippen LogP contribution in [0.1, 0.15) is 21.6 Å². The van der Waals surface area contributed by atoms with Crippen LogP contribution in [0, 0.1) is 5.92 Å². The van der Waals surface area contributed by atoms with Gasteiger partial charge in [-0.2, -0.15) is 5.10 Å². The van der Waals surface area contributed by atoms with Crippen molar-refractivity contribution in [3.63, 3.8) is 0 Å². The second-order valence-electron chi connectivity index (χ2n) is 5.66. The van der Waals surface area contributed by atoms with E-state index in [1.807, 2.05) is 12.1 Å². The van der Waals surface area contributed by atoms with Crippen LogP contribution in [0.5, 0.6) is 0 Å². The fourth-order valence-corrected chi connectivity index (χ4v) is 2.95. The average molecular weight is 302 g/mol. The molecule has 116 valence electrons. The van der Waals surface area contributed by atoms with Gasteiger partial charge < -0.3 is 10.2 Å². The maximum Gasteiger partial charge on any atom is 0.354 e. The molecule has 1 aliphatic heterocycles. The van der Waals surface area contributed by atoms with Crippen LogP contribution >= 0.6 is 0 Å². The van der Waals surface area contributed by atoms with Crippen molar-refractivity contribution < 1.29 is 15.0 Å². The molecule has 0 saturated carbocycles. The number of aliphatic hydroxyl groups is 1. The van der Waals surface area contributed by atoms with Gasteiger partial charge in [0.25, 0.3) is 0 Å². The number of aromatic amines is 1. The minimum Gasteiger partial charge on any atom is -0.477 e. The molecule has 2 aromatic heterocycles. The van der Waals surface area contributed by atoms with E-state index in [4.69, 9.17) is 5.11 Å². The Balaban J connectivity index is 1.63. The number of likely N-dealkylation sites (tertiary alicyclic amines) is 1. The fraction of sp³-hybridized carbons (Fsp3) is 0.400. The van der Waals surface area contributed by atoms with Gasteiger partial charge in [-0.05, 0) is 24.1 Å². The minimum absolute atomic E-state index is 0.118. The van der Waals surface area contributed by atoms with E-state index >= 15 is 0 Å². The summed E-state index contributed by atoms with van der Waals surface area (Å²) in [5, 5.41) is 25.6. The molecule has 0 radical (unpaired) electrons. The molecule has 0 amide bonds. The van der Waals surface area contributed by atoms with Gasteiger partial charge in [0.05, 0.1) is 12.3 Å². The van der Waals surface area contributed by atoms with E-state index in [0.29, 0.717) is 18.7 Å². The van der Waals surface area contributed by atoms with E-state index in [0.717, 1.165) is 18.5 Å². The average Bonchev–Trinajstić information content (AvgIpc) is 3.08. The molecule has 0 spiro atoms. The lowest BCUT2D eigenvalue weighted by atomic mass is 9.97. The highest BCUT2D eigenvalue weighted by Gasteiger charge is 2.32. The molecule has 0 bridgehead atoms. The van der Waals surface area contributed by atoms with Crippen LogP contribution < -0.4 is 0 Å². The molecule has 7 heteroatoms. The lowest BCUT2D eigenvalue weighted by Gasteiger charge is -2.15. The molecule has 1 fully saturated rings. The lowest BCUT2D eigenvalue weighted by molar-refractivity contribution is 0.0688. The summed E-state index contributed by atoms with van der Waals surface area (Å²) in [4.78, 5) is 17.1. The molecule has 1 saturated heterocycles. The molecule has 0 aliphatic carbocycles. The first kappa shape index (κ1) is 14.7. The van der Waals surface area contributed by atoms with Gasteiger partial charge in [-0.3, -0.25) is 15.0 Å². The predicted molar refractivity (Wildman–Crippen MR) is 78.3 cm³/mol. The van der Waals surface area contributed by atoms with Gasteiger partial charge in [0.2, 0.25) is 0 Å². The number of carbonyl (C=O) groups is 1. The van der Waals surface area contributed by atoms with E-state index in [1.165, 1.54) is 6.20 Å². The summed E-state index contributed by atoms with van der Waals surface area (Å²) in [6, 6.07) is 3.90. The van der Waals surface area contributed by atoms with Crippen molar-refractivity contribution in [1.82, 2.24) is 20.1 Å². The van der Waals surface area contributed by atoms with Crippen LogP contribution in [0.4, 0.5) is 0 Å². The Labute approximate surface area is 127 Å². The van der Waals surface area contributed by atoms with Gasteiger partial charge >= 0.3 is 5.97 Å². The third kappa shape index (κ3) is 3.15. The first-order valence-electron chi connectivity index (χ1n) is 7.18. The van der Waals surface area contributed by atoms with Crippen LogP contribution in [0.3, 0.4) is 0 Å². The summed E-state index contributed by atoms with van der Waals surface area (Å²) in [7, 11) is 0. The van der Waals surface area contributed by atoms with Crippen molar-refractivity contribution >= 4 is 5.97 Å². The van der Waals surface area contributed by atoms with Crippen molar-refractivity contribution in [3.05, 3.63) is 47.5 Å². The van der Waals surface area contributed by atoms with Crippen LogP contribution in [0.25, 0.3) is 0 Å². The highest BCUT2D eigenvalue weighted by molar-refractivity contribution is 5.86. The molecule has 22 heavy (non-hydrogen) atoms. The van der Waals surface area contributed by atoms with Gasteiger partial charge in [0.15, 0.2) is 0 Å². The van der Waals surface area contributed by atoms with Crippen molar-refractivity contribution in [2.75, 3.05) is 13.1 Å². The van der Waals surface area contributed by atoms with Crippen LogP contribution in [0.2, 0.25) is 0 Å². The number of nitrogens with one attached hydrogen (secondary N) is 1. The van der Waals surface area contributed by atoms with Crippen molar-refractivity contribution in [3.8, 4) is 0 Å². The molecule has 3 N–H and O–H groups in total. The Bertz CT molecular complexity index is 643. The van der Waals surface area contributed by atoms with E-state index < -0.39 is 12.1 Å². The zero-order valence-electron chi connectivity index (χ0n) is 12.0. The fourth-order valence-electron chi connectivity index (χ4n) is 2.95. The molecular weight excluding hydrogens is 284 g/mol. The summed E-state index contributed by atoms with van der Waals surface area (Å²) in [5.41, 5.74) is 1.91. The van der Waals surface area contributed by atoms with Crippen LogP contribution in [-0.4, -0.2) is 55.5 Å². The summed E-state index contributed by atoms with van der Waals surface area (Å²) in [6.07, 6.45) is 5.41. The number of aliphatic hydroxyl groups excluding tert-OH is 1. The van der Waals surface area contributed by atoms with E-state index in [2.05, 4.69) is 20.1 Å². The van der Waals surface area contributed by atoms with Crippen molar-refractivity contribution in [2.24, 2.45) is 5.92 Å². The number of rotatable bonds is 5.